The van der Waals surface area contributed by atoms with Crippen molar-refractivity contribution >= 4 is 22.9 Å². The normalized spacial score (nSPS) is 17.5. The fourth-order valence-corrected chi connectivity index (χ4v) is 3.89. The van der Waals surface area contributed by atoms with Crippen molar-refractivity contribution in [3.05, 3.63) is 35.9 Å². The van der Waals surface area contributed by atoms with Crippen LogP contribution in [0, 0.1) is 0 Å². The molecule has 2 aliphatic rings. The molecule has 0 aliphatic carbocycles. The number of nitrogens with zero attached hydrogens (tertiary/aromatic N) is 3. The summed E-state index contributed by atoms with van der Waals surface area (Å²) in [5.74, 6) is 3.51. The Bertz CT molecular complexity index is 1170. The third-order valence-corrected chi connectivity index (χ3v) is 5.17. The van der Waals surface area contributed by atoms with Gasteiger partial charge in [-0.1, -0.05) is 12.1 Å². The van der Waals surface area contributed by atoms with E-state index in [0.717, 1.165) is 23.0 Å². The minimum absolute atomic E-state index is 0.0431. The van der Waals surface area contributed by atoms with E-state index in [9.17, 15) is 0 Å². The molecule has 0 saturated carbocycles. The highest BCUT2D eigenvalue weighted by Gasteiger charge is 2.30. The van der Waals surface area contributed by atoms with Crippen molar-refractivity contribution in [1.82, 2.24) is 9.55 Å². The number of methoxy groups -OCH3 is 1. The molecule has 9 heteroatoms. The topological polar surface area (TPSA) is 105 Å². The number of hydrogen-bond acceptors (Lipinski definition) is 8. The number of benzene rings is 2. The van der Waals surface area contributed by atoms with Crippen LogP contribution in [0.4, 0.5) is 5.95 Å². The van der Waals surface area contributed by atoms with E-state index in [-0.39, 0.29) is 12.1 Å². The first-order valence-corrected chi connectivity index (χ1v) is 10.3. The molecule has 31 heavy (non-hydrogen) atoms. The van der Waals surface area contributed by atoms with Crippen molar-refractivity contribution < 1.29 is 18.9 Å². The second-order valence-corrected chi connectivity index (χ2v) is 7.70. The Labute approximate surface area is 179 Å². The molecule has 3 heterocycles. The lowest BCUT2D eigenvalue weighted by molar-refractivity contribution is 0.226. The zero-order valence-electron chi connectivity index (χ0n) is 17.7. The van der Waals surface area contributed by atoms with Gasteiger partial charge in [0.05, 0.1) is 37.5 Å². The van der Waals surface area contributed by atoms with Gasteiger partial charge >= 0.3 is 0 Å². The van der Waals surface area contributed by atoms with Crippen LogP contribution in [-0.4, -0.2) is 41.9 Å². The lowest BCUT2D eigenvalue weighted by atomic mass is 10.1. The minimum Gasteiger partial charge on any atom is -0.493 e. The van der Waals surface area contributed by atoms with Gasteiger partial charge in [-0.15, -0.1) is 0 Å². The van der Waals surface area contributed by atoms with Crippen LogP contribution in [0.1, 0.15) is 32.0 Å². The summed E-state index contributed by atoms with van der Waals surface area (Å²) in [7, 11) is 1.62. The molecule has 162 valence electrons. The molecule has 0 fully saturated rings. The van der Waals surface area contributed by atoms with Gasteiger partial charge in [-0.25, -0.2) is 9.98 Å². The summed E-state index contributed by atoms with van der Waals surface area (Å²) in [6.45, 7) is 5.17. The van der Waals surface area contributed by atoms with Crippen LogP contribution >= 0.6 is 0 Å². The number of guanidine groups is 1. The molecule has 9 nitrogen and oxygen atoms in total. The number of anilines is 1. The number of ether oxygens (including phenoxy) is 4. The second-order valence-electron chi connectivity index (χ2n) is 7.70. The van der Waals surface area contributed by atoms with Crippen LogP contribution in [0.5, 0.6) is 23.0 Å². The number of rotatable bonds is 4. The lowest BCUT2D eigenvalue weighted by Crippen LogP contribution is -2.31. The largest absolute Gasteiger partial charge is 0.493 e. The van der Waals surface area contributed by atoms with Crippen LogP contribution < -0.4 is 30.0 Å². The molecule has 0 saturated heterocycles. The molecule has 0 amide bonds. The van der Waals surface area contributed by atoms with E-state index in [1.807, 2.05) is 48.7 Å². The van der Waals surface area contributed by atoms with Gasteiger partial charge in [0.1, 0.15) is 0 Å². The van der Waals surface area contributed by atoms with Crippen LogP contribution in [0.3, 0.4) is 0 Å². The van der Waals surface area contributed by atoms with Gasteiger partial charge < -0.3 is 24.7 Å². The monoisotopic (exact) mass is 423 g/mol. The van der Waals surface area contributed by atoms with Crippen molar-refractivity contribution in [2.75, 3.05) is 25.6 Å². The molecule has 5 rings (SSSR count). The van der Waals surface area contributed by atoms with E-state index in [1.165, 1.54) is 0 Å². The van der Waals surface area contributed by atoms with Crippen LogP contribution in [0.2, 0.25) is 0 Å². The van der Waals surface area contributed by atoms with Crippen LogP contribution in [0.25, 0.3) is 11.0 Å². The van der Waals surface area contributed by atoms with E-state index in [2.05, 4.69) is 10.3 Å². The maximum absolute atomic E-state index is 6.13. The van der Waals surface area contributed by atoms with Crippen molar-refractivity contribution in [2.45, 2.75) is 32.5 Å². The van der Waals surface area contributed by atoms with Crippen molar-refractivity contribution in [2.24, 2.45) is 10.7 Å². The molecular weight excluding hydrogens is 398 g/mol. The Hall–Kier alpha value is -3.62. The predicted molar refractivity (Wildman–Crippen MR) is 117 cm³/mol. The van der Waals surface area contributed by atoms with Crippen LogP contribution in [0.15, 0.2) is 35.3 Å². The maximum Gasteiger partial charge on any atom is 0.212 e. The van der Waals surface area contributed by atoms with Gasteiger partial charge in [0.25, 0.3) is 0 Å². The second kappa shape index (κ2) is 7.57. The van der Waals surface area contributed by atoms with E-state index in [4.69, 9.17) is 29.7 Å². The summed E-state index contributed by atoms with van der Waals surface area (Å²) in [5.41, 5.74) is 8.57. The maximum atomic E-state index is 6.13. The number of hydrogen-bond donors (Lipinski definition) is 2. The Morgan fingerprint density at radius 1 is 1.19 bits per heavy atom. The minimum atomic E-state index is -0.491. The average Bonchev–Trinajstić information content (AvgIpc) is 2.92. The summed E-state index contributed by atoms with van der Waals surface area (Å²) in [6, 6.07) is 9.59. The Morgan fingerprint density at radius 2 is 1.97 bits per heavy atom. The van der Waals surface area contributed by atoms with Gasteiger partial charge in [0, 0.05) is 24.1 Å². The number of aromatic nitrogens is 2. The molecule has 1 unspecified atom stereocenters. The molecule has 0 spiro atoms. The summed E-state index contributed by atoms with van der Waals surface area (Å²) < 4.78 is 25.4. The first-order chi connectivity index (χ1) is 15.0. The van der Waals surface area contributed by atoms with Gasteiger partial charge in [-0.05, 0) is 19.9 Å². The standard InChI is InChI=1S/C22H25N5O4/c1-12(2)31-19-13(6-4-7-16(19)28-3)20-25-21(23)26-22-24-14-10-17-18(11-15(14)27(20)22)30-9-5-8-29-17/h4,6-7,10-12,20H,5,8-9H2,1-3H3,(H3,23,24,25,26). The molecule has 3 aromatic rings. The molecule has 0 radical (unpaired) electrons. The smallest absolute Gasteiger partial charge is 0.212 e. The van der Waals surface area contributed by atoms with Gasteiger partial charge in [-0.3, -0.25) is 9.88 Å². The quantitative estimate of drug-likeness (QED) is 0.663. The molecule has 2 aliphatic heterocycles. The van der Waals surface area contributed by atoms with Crippen molar-refractivity contribution in [3.63, 3.8) is 0 Å². The Morgan fingerprint density at radius 3 is 2.71 bits per heavy atom. The highest BCUT2D eigenvalue weighted by Crippen LogP contribution is 2.43. The van der Waals surface area contributed by atoms with Gasteiger partial charge in [0.2, 0.25) is 5.95 Å². The Balaban J connectivity index is 1.71. The third-order valence-electron chi connectivity index (χ3n) is 5.17. The molecule has 2 aromatic carbocycles. The lowest BCUT2D eigenvalue weighted by Gasteiger charge is -2.26. The number of fused-ring (bicyclic) bond motifs is 4. The zero-order chi connectivity index (χ0) is 21.5. The summed E-state index contributed by atoms with van der Waals surface area (Å²) >= 11 is 0. The fourth-order valence-electron chi connectivity index (χ4n) is 3.89. The molecule has 1 atom stereocenters. The molecular formula is C22H25N5O4. The summed E-state index contributed by atoms with van der Waals surface area (Å²) in [6.07, 6.45) is 0.302. The van der Waals surface area contributed by atoms with E-state index < -0.39 is 6.17 Å². The Kier molecular flexibility index (Phi) is 4.72. The first kappa shape index (κ1) is 19.3. The van der Waals surface area contributed by atoms with E-state index in [0.29, 0.717) is 42.2 Å². The number of para-hydroxylation sites is 1. The number of nitrogens with one attached hydrogen (secondary N) is 1. The average molecular weight is 423 g/mol. The zero-order valence-corrected chi connectivity index (χ0v) is 17.7. The number of aliphatic imine (C=N–C) groups is 1. The third kappa shape index (κ3) is 3.35. The summed E-state index contributed by atoms with van der Waals surface area (Å²) in [5, 5.41) is 3.07. The molecule has 3 N–H and O–H groups in total. The molecule has 0 bridgehead atoms. The van der Waals surface area contributed by atoms with Crippen LogP contribution in [-0.2, 0) is 0 Å². The van der Waals surface area contributed by atoms with Gasteiger partial charge in [-0.2, -0.15) is 0 Å². The SMILES string of the molecule is COc1cccc(C2N=C(N)Nc3nc4cc5c(cc4n32)OCCCO5)c1OC(C)C. The van der Waals surface area contributed by atoms with Crippen molar-refractivity contribution in [3.8, 4) is 23.0 Å². The highest BCUT2D eigenvalue weighted by atomic mass is 16.5. The number of imidazole rings is 1. The van der Waals surface area contributed by atoms with Gasteiger partial charge in [0.15, 0.2) is 35.1 Å². The summed E-state index contributed by atoms with van der Waals surface area (Å²) in [4.78, 5) is 9.42. The first-order valence-electron chi connectivity index (χ1n) is 10.3. The predicted octanol–water partition coefficient (Wildman–Crippen LogP) is 3.28. The molecule has 1 aromatic heterocycles. The highest BCUT2D eigenvalue weighted by molar-refractivity contribution is 5.95. The fraction of sp³-hybridized carbons (Fsp3) is 0.364. The van der Waals surface area contributed by atoms with E-state index in [1.54, 1.807) is 7.11 Å². The number of nitrogens with two attached hydrogens (primary N) is 1. The van der Waals surface area contributed by atoms with E-state index >= 15 is 0 Å². The van der Waals surface area contributed by atoms with Crippen molar-refractivity contribution in [1.29, 1.82) is 0 Å².